The molecular formula is C23H30N6O4S. The minimum atomic E-state index is -3.27. The minimum absolute atomic E-state index is 0.248. The monoisotopic (exact) mass is 486 g/mol. The van der Waals surface area contributed by atoms with Crippen molar-refractivity contribution in [2.24, 2.45) is 5.92 Å². The van der Waals surface area contributed by atoms with Crippen LogP contribution in [0.15, 0.2) is 41.7 Å². The van der Waals surface area contributed by atoms with Crippen LogP contribution in [0.5, 0.6) is 0 Å². The van der Waals surface area contributed by atoms with Crippen molar-refractivity contribution in [1.82, 2.24) is 24.6 Å². The van der Waals surface area contributed by atoms with Crippen LogP contribution in [0.4, 0.5) is 10.6 Å². The quantitative estimate of drug-likeness (QED) is 0.584. The van der Waals surface area contributed by atoms with Gasteiger partial charge in [-0.05, 0) is 63.8 Å². The number of nitrogens with one attached hydrogen (secondary N) is 1. The first kappa shape index (κ1) is 23.9. The number of hydrogen-bond donors (Lipinski definition) is 1. The van der Waals surface area contributed by atoms with Gasteiger partial charge in [0.1, 0.15) is 17.7 Å². The number of sulfone groups is 1. The largest absolute Gasteiger partial charge is 0.444 e. The van der Waals surface area contributed by atoms with Crippen LogP contribution in [-0.4, -0.2) is 70.7 Å². The summed E-state index contributed by atoms with van der Waals surface area (Å²) in [5.41, 5.74) is 0.802. The Balaban J connectivity index is 1.46. The SMILES string of the molecule is CC(C)(C)OC(=O)N1CCCC(CNc2ncnc3c2cnn3-c2ccc(S(C)(=O)=O)cc2)C1. The van der Waals surface area contributed by atoms with Gasteiger partial charge in [-0.25, -0.2) is 27.9 Å². The molecule has 0 radical (unpaired) electrons. The highest BCUT2D eigenvalue weighted by Gasteiger charge is 2.27. The summed E-state index contributed by atoms with van der Waals surface area (Å²) in [6, 6.07) is 6.51. The summed E-state index contributed by atoms with van der Waals surface area (Å²) < 4.78 is 30.6. The number of amides is 1. The Labute approximate surface area is 199 Å². The Hall–Kier alpha value is -3.21. The molecular weight excluding hydrogens is 456 g/mol. The number of piperidine rings is 1. The molecule has 182 valence electrons. The van der Waals surface area contributed by atoms with E-state index in [1.54, 1.807) is 40.0 Å². The number of benzene rings is 1. The molecule has 10 nitrogen and oxygen atoms in total. The third-order valence-corrected chi connectivity index (χ3v) is 6.73. The number of nitrogens with zero attached hydrogens (tertiary/aromatic N) is 5. The molecule has 1 amide bonds. The lowest BCUT2D eigenvalue weighted by Crippen LogP contribution is -2.44. The van der Waals surface area contributed by atoms with Gasteiger partial charge in [0.25, 0.3) is 0 Å². The normalized spacial score (nSPS) is 17.1. The summed E-state index contributed by atoms with van der Waals surface area (Å²) in [5, 5.41) is 8.59. The molecule has 3 aromatic rings. The minimum Gasteiger partial charge on any atom is -0.444 e. The lowest BCUT2D eigenvalue weighted by Gasteiger charge is -2.34. The van der Waals surface area contributed by atoms with Gasteiger partial charge in [-0.3, -0.25) is 0 Å². The molecule has 4 rings (SSSR count). The Kier molecular flexibility index (Phi) is 6.48. The predicted molar refractivity (Wildman–Crippen MR) is 129 cm³/mol. The molecule has 1 N–H and O–H groups in total. The molecule has 1 fully saturated rings. The van der Waals surface area contributed by atoms with Gasteiger partial charge in [-0.1, -0.05) is 0 Å². The van der Waals surface area contributed by atoms with E-state index in [-0.39, 0.29) is 16.9 Å². The highest BCUT2D eigenvalue weighted by molar-refractivity contribution is 7.90. The molecule has 11 heteroatoms. The zero-order chi connectivity index (χ0) is 24.5. The number of carbonyl (C=O) groups is 1. The van der Waals surface area contributed by atoms with Gasteiger partial charge in [-0.2, -0.15) is 5.10 Å². The van der Waals surface area contributed by atoms with Crippen molar-refractivity contribution in [3.63, 3.8) is 0 Å². The zero-order valence-electron chi connectivity index (χ0n) is 19.9. The maximum absolute atomic E-state index is 12.4. The van der Waals surface area contributed by atoms with Crippen molar-refractivity contribution in [2.45, 2.75) is 44.1 Å². The second kappa shape index (κ2) is 9.21. The molecule has 1 aliphatic heterocycles. The number of hydrogen-bond acceptors (Lipinski definition) is 8. The molecule has 1 unspecified atom stereocenters. The zero-order valence-corrected chi connectivity index (χ0v) is 20.7. The second-order valence-corrected chi connectivity index (χ2v) is 11.6. The molecule has 0 spiro atoms. The Morgan fingerprint density at radius 3 is 2.62 bits per heavy atom. The van der Waals surface area contributed by atoms with Gasteiger partial charge in [0.05, 0.1) is 22.2 Å². The number of carbonyl (C=O) groups excluding carboxylic acids is 1. The number of anilines is 1. The molecule has 1 atom stereocenters. The summed E-state index contributed by atoms with van der Waals surface area (Å²) in [7, 11) is -3.27. The van der Waals surface area contributed by atoms with E-state index in [9.17, 15) is 13.2 Å². The Bertz CT molecular complexity index is 1280. The fourth-order valence-corrected chi connectivity index (χ4v) is 4.60. The summed E-state index contributed by atoms with van der Waals surface area (Å²) in [5.74, 6) is 0.934. The van der Waals surface area contributed by atoms with E-state index < -0.39 is 15.4 Å². The van der Waals surface area contributed by atoms with Crippen LogP contribution in [0.3, 0.4) is 0 Å². The summed E-state index contributed by atoms with van der Waals surface area (Å²) >= 11 is 0. The first-order valence-corrected chi connectivity index (χ1v) is 13.1. The maximum atomic E-state index is 12.4. The summed E-state index contributed by atoms with van der Waals surface area (Å²) in [6.45, 7) is 7.59. The lowest BCUT2D eigenvalue weighted by molar-refractivity contribution is 0.0172. The van der Waals surface area contributed by atoms with Gasteiger partial charge in [-0.15, -0.1) is 0 Å². The third-order valence-electron chi connectivity index (χ3n) is 5.60. The fourth-order valence-electron chi connectivity index (χ4n) is 3.97. The van der Waals surface area contributed by atoms with E-state index in [1.165, 1.54) is 12.6 Å². The lowest BCUT2D eigenvalue weighted by atomic mass is 9.98. The van der Waals surface area contributed by atoms with E-state index in [0.29, 0.717) is 36.8 Å². The average Bonchev–Trinajstić information content (AvgIpc) is 3.21. The van der Waals surface area contributed by atoms with Crippen LogP contribution in [0, 0.1) is 5.92 Å². The van der Waals surface area contributed by atoms with E-state index in [2.05, 4.69) is 20.4 Å². The molecule has 1 saturated heterocycles. The number of ether oxygens (including phenoxy) is 1. The molecule has 1 aromatic carbocycles. The molecule has 3 heterocycles. The number of likely N-dealkylation sites (tertiary alicyclic amines) is 1. The van der Waals surface area contributed by atoms with Crippen LogP contribution < -0.4 is 5.32 Å². The molecule has 0 saturated carbocycles. The molecule has 2 aromatic heterocycles. The van der Waals surface area contributed by atoms with Crippen molar-refractivity contribution in [3.8, 4) is 5.69 Å². The van der Waals surface area contributed by atoms with Crippen molar-refractivity contribution in [3.05, 3.63) is 36.8 Å². The van der Waals surface area contributed by atoms with E-state index >= 15 is 0 Å². The number of rotatable bonds is 5. The first-order valence-electron chi connectivity index (χ1n) is 11.2. The number of fused-ring (bicyclic) bond motifs is 1. The van der Waals surface area contributed by atoms with Crippen molar-refractivity contribution < 1.29 is 17.9 Å². The summed E-state index contributed by atoms with van der Waals surface area (Å²) in [4.78, 5) is 23.2. The molecule has 0 bridgehead atoms. The van der Waals surface area contributed by atoms with E-state index in [0.717, 1.165) is 18.2 Å². The standard InChI is InChI=1S/C23H30N6O4S/c1-23(2,3)33-22(30)28-11-5-6-16(14-28)12-24-20-19-13-27-29(21(19)26-15-25-20)17-7-9-18(10-8-17)34(4,31)32/h7-10,13,15-16H,5-6,11-12,14H2,1-4H3,(H,24,25,26). The van der Waals surface area contributed by atoms with Crippen molar-refractivity contribution in [2.75, 3.05) is 31.2 Å². The van der Waals surface area contributed by atoms with Crippen molar-refractivity contribution in [1.29, 1.82) is 0 Å². The van der Waals surface area contributed by atoms with E-state index in [4.69, 9.17) is 4.74 Å². The van der Waals surface area contributed by atoms with Gasteiger partial charge in [0.15, 0.2) is 15.5 Å². The van der Waals surface area contributed by atoms with Gasteiger partial charge in [0.2, 0.25) is 0 Å². The highest BCUT2D eigenvalue weighted by atomic mass is 32.2. The summed E-state index contributed by atoms with van der Waals surface area (Å²) in [6.07, 6.45) is 6.00. The van der Waals surface area contributed by atoms with Crippen LogP contribution in [0.1, 0.15) is 33.6 Å². The second-order valence-electron chi connectivity index (χ2n) is 9.60. The van der Waals surface area contributed by atoms with Crippen LogP contribution in [0.25, 0.3) is 16.7 Å². The van der Waals surface area contributed by atoms with Crippen LogP contribution in [-0.2, 0) is 14.6 Å². The smallest absolute Gasteiger partial charge is 0.410 e. The first-order chi connectivity index (χ1) is 16.0. The topological polar surface area (TPSA) is 119 Å². The average molecular weight is 487 g/mol. The van der Waals surface area contributed by atoms with E-state index in [1.807, 2.05) is 20.8 Å². The third kappa shape index (κ3) is 5.46. The van der Waals surface area contributed by atoms with Gasteiger partial charge >= 0.3 is 6.09 Å². The Morgan fingerprint density at radius 1 is 1.21 bits per heavy atom. The molecule has 1 aliphatic rings. The Morgan fingerprint density at radius 2 is 1.94 bits per heavy atom. The van der Waals surface area contributed by atoms with Crippen LogP contribution >= 0.6 is 0 Å². The molecule has 34 heavy (non-hydrogen) atoms. The van der Waals surface area contributed by atoms with Crippen molar-refractivity contribution >= 4 is 32.8 Å². The van der Waals surface area contributed by atoms with Gasteiger partial charge < -0.3 is 15.0 Å². The van der Waals surface area contributed by atoms with Gasteiger partial charge in [0, 0.05) is 25.9 Å². The fraction of sp³-hybridized carbons (Fsp3) is 0.478. The van der Waals surface area contributed by atoms with Crippen LogP contribution in [0.2, 0.25) is 0 Å². The molecule has 0 aliphatic carbocycles. The highest BCUT2D eigenvalue weighted by Crippen LogP contribution is 2.24. The predicted octanol–water partition coefficient (Wildman–Crippen LogP) is 3.28. The number of aromatic nitrogens is 4. The maximum Gasteiger partial charge on any atom is 0.410 e.